The van der Waals surface area contributed by atoms with Crippen molar-refractivity contribution in [2.24, 2.45) is 0 Å². The second kappa shape index (κ2) is 3.96. The third kappa shape index (κ3) is 1.96. The molecule has 3 nitrogen and oxygen atoms in total. The predicted molar refractivity (Wildman–Crippen MR) is 67.7 cm³/mol. The average Bonchev–Trinajstić information content (AvgIpc) is 2.71. The van der Waals surface area contributed by atoms with Crippen LogP contribution >= 0.6 is 12.2 Å². The van der Waals surface area contributed by atoms with Crippen LogP contribution in [0.2, 0.25) is 0 Å². The zero-order valence-corrected chi connectivity index (χ0v) is 10.3. The maximum absolute atomic E-state index is 5.86. The number of fused-ring (bicyclic) bond motifs is 1. The van der Waals surface area contributed by atoms with Gasteiger partial charge in [-0.3, -0.25) is 0 Å². The molecule has 0 radical (unpaired) electrons. The highest BCUT2D eigenvalue weighted by Crippen LogP contribution is 2.34. The maximum atomic E-state index is 5.86. The number of H-pyrrole nitrogens is 1. The van der Waals surface area contributed by atoms with Crippen molar-refractivity contribution in [3.63, 3.8) is 0 Å². The summed E-state index contributed by atoms with van der Waals surface area (Å²) in [6.07, 6.45) is 0.798. The molecule has 1 aliphatic heterocycles. The molecule has 0 saturated carbocycles. The predicted octanol–water partition coefficient (Wildman–Crippen LogP) is 3.12. The number of hydrogen-bond acceptors (Lipinski definition) is 3. The van der Waals surface area contributed by atoms with Crippen LogP contribution in [0.3, 0.4) is 0 Å². The smallest absolute Gasteiger partial charge is 0.160 e. The molecule has 4 heteroatoms. The minimum Gasteiger partial charge on any atom is -0.482 e. The maximum Gasteiger partial charge on any atom is 0.160 e. The summed E-state index contributed by atoms with van der Waals surface area (Å²) in [6.45, 7) is 1.98. The molecule has 3 rings (SSSR count). The summed E-state index contributed by atoms with van der Waals surface area (Å²) in [5.41, 5.74) is 2.24. The number of aromatic amines is 1. The van der Waals surface area contributed by atoms with Gasteiger partial charge in [-0.05, 0) is 24.6 Å². The van der Waals surface area contributed by atoms with Crippen molar-refractivity contribution in [2.45, 2.75) is 19.4 Å². The Bertz CT molecular complexity index is 596. The van der Waals surface area contributed by atoms with Gasteiger partial charge in [0.2, 0.25) is 0 Å². The van der Waals surface area contributed by atoms with E-state index in [2.05, 4.69) is 16.0 Å². The second-order valence-corrected chi connectivity index (χ2v) is 4.62. The van der Waals surface area contributed by atoms with Crippen molar-refractivity contribution in [2.75, 3.05) is 0 Å². The van der Waals surface area contributed by atoms with Gasteiger partial charge in [0.15, 0.2) is 6.10 Å². The molecule has 0 amide bonds. The highest BCUT2D eigenvalue weighted by molar-refractivity contribution is 7.71. The fourth-order valence-corrected chi connectivity index (χ4v) is 2.36. The molecule has 2 aromatic rings. The van der Waals surface area contributed by atoms with Gasteiger partial charge in [0, 0.05) is 12.1 Å². The molecule has 1 aliphatic rings. The van der Waals surface area contributed by atoms with E-state index in [1.54, 1.807) is 0 Å². The van der Waals surface area contributed by atoms with Crippen molar-refractivity contribution in [3.8, 4) is 5.75 Å². The molecule has 0 bridgehead atoms. The van der Waals surface area contributed by atoms with Crippen molar-refractivity contribution in [1.82, 2.24) is 9.97 Å². The Hall–Kier alpha value is -1.68. The van der Waals surface area contributed by atoms with Crippen LogP contribution in [0.4, 0.5) is 0 Å². The van der Waals surface area contributed by atoms with E-state index in [0.29, 0.717) is 4.64 Å². The highest BCUT2D eigenvalue weighted by atomic mass is 32.1. The van der Waals surface area contributed by atoms with Crippen LogP contribution in [0.1, 0.15) is 23.2 Å². The summed E-state index contributed by atoms with van der Waals surface area (Å²) in [7, 11) is 0. The summed E-state index contributed by atoms with van der Waals surface area (Å²) in [4.78, 5) is 7.56. The molecular formula is C13H12N2OS. The molecular weight excluding hydrogens is 232 g/mol. The van der Waals surface area contributed by atoms with E-state index in [1.165, 1.54) is 5.56 Å². The van der Waals surface area contributed by atoms with Gasteiger partial charge >= 0.3 is 0 Å². The van der Waals surface area contributed by atoms with E-state index >= 15 is 0 Å². The van der Waals surface area contributed by atoms with Gasteiger partial charge in [0.25, 0.3) is 0 Å². The van der Waals surface area contributed by atoms with E-state index in [-0.39, 0.29) is 6.10 Å². The van der Waals surface area contributed by atoms with Crippen molar-refractivity contribution in [3.05, 3.63) is 52.1 Å². The van der Waals surface area contributed by atoms with Gasteiger partial charge in [-0.25, -0.2) is 4.98 Å². The molecule has 1 aromatic carbocycles. The summed E-state index contributed by atoms with van der Waals surface area (Å²) in [5.74, 6) is 1.76. The van der Waals surface area contributed by atoms with Crippen molar-refractivity contribution < 1.29 is 4.74 Å². The average molecular weight is 244 g/mol. The monoisotopic (exact) mass is 244 g/mol. The Labute approximate surface area is 104 Å². The second-order valence-electron chi connectivity index (χ2n) is 4.21. The summed E-state index contributed by atoms with van der Waals surface area (Å²) in [5, 5.41) is 0. The number of benzene rings is 1. The molecule has 1 N–H and O–H groups in total. The Balaban J connectivity index is 1.96. The first kappa shape index (κ1) is 10.5. The number of hydrogen-bond donors (Lipinski definition) is 1. The van der Waals surface area contributed by atoms with Crippen molar-refractivity contribution >= 4 is 12.2 Å². The SMILES string of the molecule is Cc1cc(=S)nc(C2Cc3ccccc3O2)[nH]1. The third-order valence-corrected chi connectivity index (χ3v) is 3.06. The lowest BCUT2D eigenvalue weighted by molar-refractivity contribution is 0.227. The summed E-state index contributed by atoms with van der Waals surface area (Å²) < 4.78 is 6.47. The van der Waals surface area contributed by atoms with Gasteiger partial charge in [0.05, 0.1) is 0 Å². The molecule has 1 unspecified atom stereocenters. The topological polar surface area (TPSA) is 37.9 Å². The van der Waals surface area contributed by atoms with Crippen molar-refractivity contribution in [1.29, 1.82) is 0 Å². The fraction of sp³-hybridized carbons (Fsp3) is 0.231. The standard InChI is InChI=1S/C13H12N2OS/c1-8-6-12(17)15-13(14-8)11-7-9-4-2-3-5-10(9)16-11/h2-6,11H,7H2,1H3,(H,14,15,17). The van der Waals surface area contributed by atoms with Gasteiger partial charge in [-0.2, -0.15) is 0 Å². The first-order valence-electron chi connectivity index (χ1n) is 5.55. The molecule has 17 heavy (non-hydrogen) atoms. The number of ether oxygens (including phenoxy) is 1. The first-order chi connectivity index (χ1) is 8.22. The summed E-state index contributed by atoms with van der Waals surface area (Å²) in [6, 6.07) is 9.92. The molecule has 1 aromatic heterocycles. The quantitative estimate of drug-likeness (QED) is 0.783. The lowest BCUT2D eigenvalue weighted by Gasteiger charge is -2.10. The lowest BCUT2D eigenvalue weighted by atomic mass is 10.1. The van der Waals surface area contributed by atoms with Crippen LogP contribution in [-0.2, 0) is 6.42 Å². The third-order valence-electron chi connectivity index (χ3n) is 2.85. The Morgan fingerprint density at radius 2 is 2.24 bits per heavy atom. The minimum absolute atomic E-state index is 0.0472. The van der Waals surface area contributed by atoms with Crippen LogP contribution in [0, 0.1) is 11.6 Å². The van der Waals surface area contributed by atoms with E-state index in [4.69, 9.17) is 17.0 Å². The largest absolute Gasteiger partial charge is 0.482 e. The zero-order chi connectivity index (χ0) is 11.8. The molecule has 0 spiro atoms. The van der Waals surface area contributed by atoms with Crippen LogP contribution in [-0.4, -0.2) is 9.97 Å². The lowest BCUT2D eigenvalue weighted by Crippen LogP contribution is -2.09. The number of aryl methyl sites for hydroxylation is 1. The number of nitrogens with zero attached hydrogens (tertiary/aromatic N) is 1. The van der Waals surface area contributed by atoms with E-state index in [9.17, 15) is 0 Å². The van der Waals surface area contributed by atoms with E-state index < -0.39 is 0 Å². The Kier molecular flexibility index (Phi) is 2.44. The summed E-state index contributed by atoms with van der Waals surface area (Å²) >= 11 is 5.12. The van der Waals surface area contributed by atoms with Crippen LogP contribution in [0.15, 0.2) is 30.3 Å². The van der Waals surface area contributed by atoms with Gasteiger partial charge < -0.3 is 9.72 Å². The highest BCUT2D eigenvalue weighted by Gasteiger charge is 2.25. The van der Waals surface area contributed by atoms with E-state index in [1.807, 2.05) is 31.2 Å². The number of aromatic nitrogens is 2. The van der Waals surface area contributed by atoms with Crippen LogP contribution in [0.25, 0.3) is 0 Å². The molecule has 2 heterocycles. The van der Waals surface area contributed by atoms with Gasteiger partial charge in [0.1, 0.15) is 16.2 Å². The molecule has 86 valence electrons. The number of rotatable bonds is 1. The minimum atomic E-state index is -0.0472. The Morgan fingerprint density at radius 1 is 1.41 bits per heavy atom. The van der Waals surface area contributed by atoms with Crippen LogP contribution < -0.4 is 4.74 Å². The first-order valence-corrected chi connectivity index (χ1v) is 5.95. The fourth-order valence-electron chi connectivity index (χ4n) is 2.09. The van der Waals surface area contributed by atoms with Gasteiger partial charge in [-0.1, -0.05) is 30.4 Å². The van der Waals surface area contributed by atoms with Crippen LogP contribution in [0.5, 0.6) is 5.75 Å². The zero-order valence-electron chi connectivity index (χ0n) is 9.43. The number of nitrogens with one attached hydrogen (secondary N) is 1. The molecule has 0 aliphatic carbocycles. The number of para-hydroxylation sites is 1. The Morgan fingerprint density at radius 3 is 3.00 bits per heavy atom. The normalized spacial score (nSPS) is 17.6. The molecule has 0 fully saturated rings. The molecule has 0 saturated heterocycles. The molecule has 1 atom stereocenters. The van der Waals surface area contributed by atoms with E-state index in [0.717, 1.165) is 23.7 Å². The van der Waals surface area contributed by atoms with Gasteiger partial charge in [-0.15, -0.1) is 0 Å².